The maximum Gasteiger partial charge on any atom is 0.238 e. The van der Waals surface area contributed by atoms with Crippen LogP contribution in [0.15, 0.2) is 48.5 Å². The van der Waals surface area contributed by atoms with Crippen LogP contribution < -0.4 is 10.4 Å². The van der Waals surface area contributed by atoms with Gasteiger partial charge in [0.15, 0.2) is 0 Å². The van der Waals surface area contributed by atoms with Crippen LogP contribution in [0.1, 0.15) is 39.4 Å². The van der Waals surface area contributed by atoms with Crippen LogP contribution in [0.2, 0.25) is 0 Å². The fourth-order valence-corrected chi connectivity index (χ4v) is 4.66. The van der Waals surface area contributed by atoms with E-state index in [1.165, 1.54) is 36.0 Å². The van der Waals surface area contributed by atoms with E-state index in [1.807, 2.05) is 13.8 Å². The average Bonchev–Trinajstić information content (AvgIpc) is 2.94. The molecule has 0 fully saturated rings. The summed E-state index contributed by atoms with van der Waals surface area (Å²) in [6.45, 7) is 3.67. The van der Waals surface area contributed by atoms with E-state index >= 15 is 0 Å². The average molecular weight is 410 g/mol. The van der Waals surface area contributed by atoms with Gasteiger partial charge in [-0.3, -0.25) is 4.79 Å². The summed E-state index contributed by atoms with van der Waals surface area (Å²) >= 11 is 1.46. The van der Waals surface area contributed by atoms with Gasteiger partial charge < -0.3 is 15.2 Å². The molecule has 1 N–H and O–H groups in total. The van der Waals surface area contributed by atoms with Gasteiger partial charge in [0.25, 0.3) is 0 Å². The zero-order valence-electron chi connectivity index (χ0n) is 15.7. The lowest BCUT2D eigenvalue weighted by Crippen LogP contribution is -2.22. The van der Waals surface area contributed by atoms with Crippen LogP contribution in [0.3, 0.4) is 0 Å². The number of aromatic nitrogens is 2. The van der Waals surface area contributed by atoms with E-state index < -0.39 is 5.97 Å². The molecule has 148 valence electrons. The van der Waals surface area contributed by atoms with Gasteiger partial charge in [-0.05, 0) is 49.2 Å². The molecule has 6 nitrogen and oxygen atoms in total. The third-order valence-electron chi connectivity index (χ3n) is 4.84. The highest BCUT2D eigenvalue weighted by molar-refractivity contribution is 8.01. The number of thioether (sulfide) groups is 1. The van der Waals surface area contributed by atoms with Crippen LogP contribution in [-0.2, 0) is 4.79 Å². The van der Waals surface area contributed by atoms with Gasteiger partial charge in [-0.25, -0.2) is 9.07 Å². The fraction of sp³-hybridized carbons (Fsp3) is 0.190. The second-order valence-electron chi connectivity index (χ2n) is 6.79. The van der Waals surface area contributed by atoms with Crippen LogP contribution >= 0.6 is 11.8 Å². The summed E-state index contributed by atoms with van der Waals surface area (Å²) in [4.78, 5) is 23.7. The number of carboxylic acid groups (broad SMARTS) is 1. The largest absolute Gasteiger partial charge is 0.545 e. The smallest absolute Gasteiger partial charge is 0.238 e. The Hall–Kier alpha value is -3.13. The van der Waals surface area contributed by atoms with Crippen molar-refractivity contribution in [1.29, 1.82) is 0 Å². The Morgan fingerprint density at radius 1 is 1.17 bits per heavy atom. The van der Waals surface area contributed by atoms with Crippen molar-refractivity contribution in [1.82, 2.24) is 9.78 Å². The van der Waals surface area contributed by atoms with Gasteiger partial charge in [0.05, 0.1) is 27.9 Å². The maximum atomic E-state index is 13.3. The SMILES string of the molecule is Cc1nn(-c2ccc(F)cc2)c2c1[C@@H](c1ccc(C(=O)[O-])cc1)S[C@H](C)C(=O)N2. The molecule has 1 amide bonds. The molecular formula is C21H17FN3O3S-. The molecule has 8 heteroatoms. The Labute approximate surface area is 170 Å². The van der Waals surface area contributed by atoms with Crippen molar-refractivity contribution in [3.63, 3.8) is 0 Å². The summed E-state index contributed by atoms with van der Waals surface area (Å²) in [7, 11) is 0. The number of hydrogen-bond donors (Lipinski definition) is 1. The molecule has 2 atom stereocenters. The molecule has 2 aromatic carbocycles. The first kappa shape index (κ1) is 19.2. The molecule has 0 saturated carbocycles. The van der Waals surface area contributed by atoms with Gasteiger partial charge in [-0.2, -0.15) is 5.10 Å². The van der Waals surface area contributed by atoms with Gasteiger partial charge in [0.2, 0.25) is 5.91 Å². The predicted octanol–water partition coefficient (Wildman–Crippen LogP) is 2.85. The molecule has 0 radical (unpaired) electrons. The number of rotatable bonds is 3. The van der Waals surface area contributed by atoms with E-state index in [-0.39, 0.29) is 27.8 Å². The van der Waals surface area contributed by atoms with E-state index in [0.29, 0.717) is 11.5 Å². The zero-order chi connectivity index (χ0) is 20.7. The number of amides is 1. The quantitative estimate of drug-likeness (QED) is 0.718. The number of nitrogens with one attached hydrogen (secondary N) is 1. The summed E-state index contributed by atoms with van der Waals surface area (Å²) in [5.74, 6) is -1.22. The van der Waals surface area contributed by atoms with Crippen LogP contribution in [0.5, 0.6) is 0 Å². The summed E-state index contributed by atoms with van der Waals surface area (Å²) in [6, 6.07) is 12.3. The van der Waals surface area contributed by atoms with E-state index in [1.54, 1.807) is 28.9 Å². The number of benzene rings is 2. The molecule has 0 spiro atoms. The summed E-state index contributed by atoms with van der Waals surface area (Å²) < 4.78 is 14.9. The van der Waals surface area contributed by atoms with Crippen molar-refractivity contribution in [2.45, 2.75) is 24.3 Å². The number of carboxylic acids is 1. The topological polar surface area (TPSA) is 87.1 Å². The lowest BCUT2D eigenvalue weighted by molar-refractivity contribution is -0.255. The number of fused-ring (bicyclic) bond motifs is 1. The van der Waals surface area contributed by atoms with Crippen LogP contribution in [-0.4, -0.2) is 26.9 Å². The highest BCUT2D eigenvalue weighted by atomic mass is 32.2. The molecule has 2 heterocycles. The van der Waals surface area contributed by atoms with E-state index in [9.17, 15) is 19.1 Å². The minimum absolute atomic E-state index is 0.0913. The lowest BCUT2D eigenvalue weighted by atomic mass is 10.0. The van der Waals surface area contributed by atoms with Crippen LogP contribution in [0.4, 0.5) is 10.2 Å². The Morgan fingerprint density at radius 2 is 1.83 bits per heavy atom. The number of carbonyl (C=O) groups is 2. The Kier molecular flexibility index (Phi) is 4.87. The van der Waals surface area contributed by atoms with E-state index in [4.69, 9.17) is 0 Å². The third-order valence-corrected chi connectivity index (χ3v) is 6.24. The third kappa shape index (κ3) is 3.51. The number of anilines is 1. The van der Waals surface area contributed by atoms with Crippen molar-refractivity contribution >= 4 is 29.5 Å². The number of aromatic carboxylic acids is 1. The fourth-order valence-electron chi connectivity index (χ4n) is 3.33. The summed E-state index contributed by atoms with van der Waals surface area (Å²) in [5.41, 5.74) is 3.13. The standard InChI is InChI=1S/C21H18FN3O3S/c1-11-17-18(13-3-5-14(6-4-13)21(27)28)29-12(2)20(26)23-19(17)25(24-11)16-9-7-15(22)8-10-16/h3-10,12,18H,1-2H3,(H,23,26)(H,27,28)/p-1/t12-,18-/m1/s1. The van der Waals surface area contributed by atoms with Crippen molar-refractivity contribution < 1.29 is 19.1 Å². The molecule has 0 unspecified atom stereocenters. The van der Waals surface area contributed by atoms with Crippen molar-refractivity contribution in [3.8, 4) is 5.69 Å². The minimum Gasteiger partial charge on any atom is -0.545 e. The predicted molar refractivity (Wildman–Crippen MR) is 107 cm³/mol. The van der Waals surface area contributed by atoms with Crippen molar-refractivity contribution in [2.75, 3.05) is 5.32 Å². The second-order valence-corrected chi connectivity index (χ2v) is 8.24. The summed E-state index contributed by atoms with van der Waals surface area (Å²) in [6.07, 6.45) is 0. The van der Waals surface area contributed by atoms with Gasteiger partial charge in [-0.15, -0.1) is 11.8 Å². The molecule has 1 aliphatic heterocycles. The number of aryl methyl sites for hydroxylation is 1. The van der Waals surface area contributed by atoms with Crippen LogP contribution in [0, 0.1) is 12.7 Å². The normalized spacial score (nSPS) is 18.7. The molecule has 0 aliphatic carbocycles. The molecule has 3 aromatic rings. The van der Waals surface area contributed by atoms with Gasteiger partial charge >= 0.3 is 0 Å². The first-order valence-corrected chi connectivity index (χ1v) is 9.92. The van der Waals surface area contributed by atoms with Crippen molar-refractivity contribution in [3.05, 3.63) is 76.7 Å². The summed E-state index contributed by atoms with van der Waals surface area (Å²) in [5, 5.41) is 18.0. The first-order valence-electron chi connectivity index (χ1n) is 8.98. The Balaban J connectivity index is 1.86. The maximum absolute atomic E-state index is 13.3. The molecule has 1 aliphatic rings. The highest BCUT2D eigenvalue weighted by Gasteiger charge is 2.34. The number of nitrogens with zero attached hydrogens (tertiary/aromatic N) is 2. The first-order chi connectivity index (χ1) is 13.8. The molecule has 1 aromatic heterocycles. The van der Waals surface area contributed by atoms with Gasteiger partial charge in [0, 0.05) is 5.56 Å². The Bertz CT molecular complexity index is 1090. The molecule has 0 bridgehead atoms. The molecule has 29 heavy (non-hydrogen) atoms. The van der Waals surface area contributed by atoms with E-state index in [2.05, 4.69) is 10.4 Å². The van der Waals surface area contributed by atoms with Gasteiger partial charge in [-0.1, -0.05) is 24.3 Å². The monoisotopic (exact) mass is 410 g/mol. The highest BCUT2D eigenvalue weighted by Crippen LogP contribution is 2.46. The second kappa shape index (κ2) is 7.36. The molecule has 4 rings (SSSR count). The van der Waals surface area contributed by atoms with Gasteiger partial charge in [0.1, 0.15) is 11.6 Å². The van der Waals surface area contributed by atoms with Crippen LogP contribution in [0.25, 0.3) is 5.69 Å². The zero-order valence-corrected chi connectivity index (χ0v) is 16.5. The lowest BCUT2D eigenvalue weighted by Gasteiger charge is -2.18. The minimum atomic E-state index is -1.24. The number of carbonyl (C=O) groups excluding carboxylic acids is 2. The Morgan fingerprint density at radius 3 is 2.45 bits per heavy atom. The number of halogens is 1. The van der Waals surface area contributed by atoms with Crippen molar-refractivity contribution in [2.24, 2.45) is 0 Å². The van der Waals surface area contributed by atoms with E-state index in [0.717, 1.165) is 16.8 Å². The number of hydrogen-bond acceptors (Lipinski definition) is 5. The molecular weight excluding hydrogens is 393 g/mol. The molecule has 0 saturated heterocycles.